The smallest absolute Gasteiger partial charge is 0.265 e. The van der Waals surface area contributed by atoms with Crippen LogP contribution in [0.1, 0.15) is 21.2 Å². The molecule has 15 heavy (non-hydrogen) atoms. The zero-order chi connectivity index (χ0) is 11.2. The number of rotatable bonds is 1. The van der Waals surface area contributed by atoms with Gasteiger partial charge in [-0.15, -0.1) is 10.2 Å². The first-order valence-corrected chi connectivity index (χ1v) is 5.36. The number of nitrogens with zero attached hydrogens (tertiary/aromatic N) is 4. The zero-order valence-electron chi connectivity index (χ0n) is 9.11. The highest BCUT2D eigenvalue weighted by Gasteiger charge is 2.19. The number of carbonyl (C=O) groups is 1. The number of aromatic nitrogens is 3. The molecule has 2 rings (SSSR count). The second-order valence-electron chi connectivity index (χ2n) is 3.58. The lowest BCUT2D eigenvalue weighted by Crippen LogP contribution is -2.21. The van der Waals surface area contributed by atoms with E-state index in [0.717, 1.165) is 21.4 Å². The molecule has 0 saturated carbocycles. The summed E-state index contributed by atoms with van der Waals surface area (Å²) >= 11 is 1.38. The van der Waals surface area contributed by atoms with E-state index >= 15 is 0 Å². The van der Waals surface area contributed by atoms with Gasteiger partial charge in [-0.2, -0.15) is 0 Å². The third kappa shape index (κ3) is 1.41. The number of fused-ring (bicyclic) bond motifs is 1. The Labute approximate surface area is 91.3 Å². The average molecular weight is 224 g/mol. The van der Waals surface area contributed by atoms with Gasteiger partial charge < -0.3 is 4.90 Å². The number of amides is 1. The highest BCUT2D eigenvalue weighted by molar-refractivity contribution is 7.19. The van der Waals surface area contributed by atoms with Crippen LogP contribution in [0.2, 0.25) is 0 Å². The Morgan fingerprint density at radius 1 is 1.33 bits per heavy atom. The third-order valence-corrected chi connectivity index (χ3v) is 3.37. The Hall–Kier alpha value is -1.43. The molecule has 2 aromatic heterocycles. The molecule has 0 saturated heterocycles. The molecule has 0 bridgehead atoms. The Kier molecular flexibility index (Phi) is 2.22. The molecule has 2 heterocycles. The summed E-state index contributed by atoms with van der Waals surface area (Å²) in [5, 5.41) is 7.96. The number of aryl methyl sites for hydroxylation is 2. The van der Waals surface area contributed by atoms with Crippen LogP contribution in [0.25, 0.3) is 4.96 Å². The fourth-order valence-corrected chi connectivity index (χ4v) is 2.60. The van der Waals surface area contributed by atoms with Crippen LogP contribution >= 0.6 is 11.3 Å². The van der Waals surface area contributed by atoms with E-state index in [1.54, 1.807) is 19.0 Å². The molecule has 0 N–H and O–H groups in total. The van der Waals surface area contributed by atoms with E-state index < -0.39 is 0 Å². The van der Waals surface area contributed by atoms with Gasteiger partial charge in [-0.05, 0) is 13.8 Å². The lowest BCUT2D eigenvalue weighted by molar-refractivity contribution is 0.0831. The Morgan fingerprint density at radius 2 is 2.00 bits per heavy atom. The van der Waals surface area contributed by atoms with Crippen molar-refractivity contribution in [2.75, 3.05) is 14.1 Å². The van der Waals surface area contributed by atoms with Crippen molar-refractivity contribution in [3.63, 3.8) is 0 Å². The van der Waals surface area contributed by atoms with Gasteiger partial charge >= 0.3 is 0 Å². The fourth-order valence-electron chi connectivity index (χ4n) is 1.46. The molecule has 5 nitrogen and oxygen atoms in total. The summed E-state index contributed by atoms with van der Waals surface area (Å²) in [6.45, 7) is 3.79. The molecule has 6 heteroatoms. The summed E-state index contributed by atoms with van der Waals surface area (Å²) in [5.74, 6) is 0.832. The van der Waals surface area contributed by atoms with E-state index in [9.17, 15) is 4.79 Å². The third-order valence-electron chi connectivity index (χ3n) is 2.25. The van der Waals surface area contributed by atoms with Gasteiger partial charge in [0.15, 0.2) is 0 Å². The van der Waals surface area contributed by atoms with Crippen molar-refractivity contribution in [1.82, 2.24) is 19.5 Å². The summed E-state index contributed by atoms with van der Waals surface area (Å²) < 4.78 is 1.90. The fraction of sp³-hybridized carbons (Fsp3) is 0.444. The van der Waals surface area contributed by atoms with Gasteiger partial charge in [-0.1, -0.05) is 11.3 Å². The quantitative estimate of drug-likeness (QED) is 0.729. The van der Waals surface area contributed by atoms with Crippen LogP contribution in [0.4, 0.5) is 0 Å². The van der Waals surface area contributed by atoms with Gasteiger partial charge in [0.1, 0.15) is 10.7 Å². The minimum Gasteiger partial charge on any atom is -0.344 e. The van der Waals surface area contributed by atoms with Crippen LogP contribution in [-0.2, 0) is 0 Å². The molecule has 80 valence electrons. The molecular formula is C9H12N4OS. The first-order chi connectivity index (χ1) is 7.02. The van der Waals surface area contributed by atoms with Crippen molar-refractivity contribution in [3.8, 4) is 0 Å². The average Bonchev–Trinajstić information content (AvgIpc) is 2.68. The van der Waals surface area contributed by atoms with E-state index in [1.807, 2.05) is 18.2 Å². The number of hydrogen-bond donors (Lipinski definition) is 0. The number of thiazole rings is 1. The topological polar surface area (TPSA) is 50.5 Å². The molecule has 0 spiro atoms. The molecule has 0 unspecified atom stereocenters. The second kappa shape index (κ2) is 3.30. The van der Waals surface area contributed by atoms with Crippen molar-refractivity contribution in [1.29, 1.82) is 0 Å². The normalized spacial score (nSPS) is 10.9. The first kappa shape index (κ1) is 10.1. The largest absolute Gasteiger partial charge is 0.344 e. The zero-order valence-corrected chi connectivity index (χ0v) is 9.92. The van der Waals surface area contributed by atoms with Gasteiger partial charge in [-0.25, -0.2) is 0 Å². The maximum atomic E-state index is 11.8. The molecule has 0 aromatic carbocycles. The number of hydrogen-bond acceptors (Lipinski definition) is 4. The van der Waals surface area contributed by atoms with Crippen molar-refractivity contribution < 1.29 is 4.79 Å². The van der Waals surface area contributed by atoms with Crippen LogP contribution in [-0.4, -0.2) is 39.5 Å². The van der Waals surface area contributed by atoms with Crippen LogP contribution in [0.3, 0.4) is 0 Å². The lowest BCUT2D eigenvalue weighted by Gasteiger charge is -2.08. The Bertz CT molecular complexity index is 525. The SMILES string of the molecule is Cc1nnc2sc(C(=O)N(C)C)c(C)n12. The van der Waals surface area contributed by atoms with Crippen LogP contribution in [0.15, 0.2) is 0 Å². The molecule has 0 atom stereocenters. The molecule has 0 fully saturated rings. The van der Waals surface area contributed by atoms with E-state index in [4.69, 9.17) is 0 Å². The van der Waals surface area contributed by atoms with Gasteiger partial charge in [0.2, 0.25) is 4.96 Å². The van der Waals surface area contributed by atoms with E-state index in [2.05, 4.69) is 10.2 Å². The van der Waals surface area contributed by atoms with E-state index in [-0.39, 0.29) is 5.91 Å². The maximum Gasteiger partial charge on any atom is 0.265 e. The summed E-state index contributed by atoms with van der Waals surface area (Å²) in [5.41, 5.74) is 0.913. The van der Waals surface area contributed by atoms with Crippen molar-refractivity contribution in [2.24, 2.45) is 0 Å². The van der Waals surface area contributed by atoms with E-state index in [0.29, 0.717) is 0 Å². The predicted octanol–water partition coefficient (Wildman–Crippen LogP) is 1.11. The second-order valence-corrected chi connectivity index (χ2v) is 4.56. The van der Waals surface area contributed by atoms with Gasteiger partial charge in [0, 0.05) is 19.8 Å². The Balaban J connectivity index is 2.63. The lowest BCUT2D eigenvalue weighted by atomic mass is 10.3. The minimum absolute atomic E-state index is 0.0161. The highest BCUT2D eigenvalue weighted by Crippen LogP contribution is 2.23. The van der Waals surface area contributed by atoms with Gasteiger partial charge in [-0.3, -0.25) is 9.20 Å². The van der Waals surface area contributed by atoms with Crippen LogP contribution in [0.5, 0.6) is 0 Å². The molecule has 0 aliphatic heterocycles. The molecule has 2 aromatic rings. The summed E-state index contributed by atoms with van der Waals surface area (Å²) in [6, 6.07) is 0. The highest BCUT2D eigenvalue weighted by atomic mass is 32.1. The molecule has 0 radical (unpaired) electrons. The Morgan fingerprint density at radius 3 is 2.53 bits per heavy atom. The first-order valence-electron chi connectivity index (χ1n) is 4.55. The summed E-state index contributed by atoms with van der Waals surface area (Å²) in [6.07, 6.45) is 0. The van der Waals surface area contributed by atoms with Gasteiger partial charge in [0.25, 0.3) is 5.91 Å². The number of carbonyl (C=O) groups excluding carboxylic acids is 1. The standard InChI is InChI=1S/C9H12N4OS/c1-5-7(8(14)12(3)4)15-9-11-10-6(2)13(5)9/h1-4H3. The molecule has 0 aliphatic rings. The minimum atomic E-state index is 0.0161. The van der Waals surface area contributed by atoms with Crippen molar-refractivity contribution in [3.05, 3.63) is 16.4 Å². The van der Waals surface area contributed by atoms with Gasteiger partial charge in [0.05, 0.1) is 0 Å². The monoisotopic (exact) mass is 224 g/mol. The van der Waals surface area contributed by atoms with E-state index in [1.165, 1.54) is 11.3 Å². The summed E-state index contributed by atoms with van der Waals surface area (Å²) in [7, 11) is 3.49. The molecule has 1 amide bonds. The molecular weight excluding hydrogens is 212 g/mol. The molecule has 0 aliphatic carbocycles. The summed E-state index contributed by atoms with van der Waals surface area (Å²) in [4.78, 5) is 14.9. The van der Waals surface area contributed by atoms with Crippen molar-refractivity contribution in [2.45, 2.75) is 13.8 Å². The predicted molar refractivity (Wildman–Crippen MR) is 58.4 cm³/mol. The van der Waals surface area contributed by atoms with Crippen molar-refractivity contribution >= 4 is 22.2 Å². The van der Waals surface area contributed by atoms with Crippen LogP contribution in [0, 0.1) is 13.8 Å². The maximum absolute atomic E-state index is 11.8. The van der Waals surface area contributed by atoms with Crippen LogP contribution < -0.4 is 0 Å².